The average molecular weight is 224 g/mol. The van der Waals surface area contributed by atoms with Crippen LogP contribution >= 0.6 is 0 Å². The van der Waals surface area contributed by atoms with Crippen LogP contribution in [0.15, 0.2) is 12.3 Å². The second-order valence-electron chi connectivity index (χ2n) is 3.69. The zero-order valence-electron chi connectivity index (χ0n) is 10.2. The maximum Gasteiger partial charge on any atom is 0.225 e. The highest BCUT2D eigenvalue weighted by Crippen LogP contribution is 2.07. The van der Waals surface area contributed by atoms with Crippen molar-refractivity contribution in [1.82, 2.24) is 15.3 Å². The predicted octanol–water partition coefficient (Wildman–Crippen LogP) is 1.29. The van der Waals surface area contributed by atoms with Crippen LogP contribution in [0.25, 0.3) is 0 Å². The number of anilines is 1. The van der Waals surface area contributed by atoms with Crippen molar-refractivity contribution >= 4 is 5.95 Å². The van der Waals surface area contributed by atoms with Gasteiger partial charge in [0.15, 0.2) is 0 Å². The highest BCUT2D eigenvalue weighted by Gasteiger charge is 1.98. The molecule has 0 atom stereocenters. The van der Waals surface area contributed by atoms with Gasteiger partial charge in [-0.15, -0.1) is 0 Å². The molecule has 0 saturated carbocycles. The fourth-order valence-corrected chi connectivity index (χ4v) is 1.19. The van der Waals surface area contributed by atoms with Crippen molar-refractivity contribution in [1.29, 1.82) is 0 Å². The summed E-state index contributed by atoms with van der Waals surface area (Å²) in [7, 11) is 0. The Labute approximate surface area is 96.6 Å². The summed E-state index contributed by atoms with van der Waals surface area (Å²) in [5, 5.41) is 6.44. The smallest absolute Gasteiger partial charge is 0.225 e. The van der Waals surface area contributed by atoms with Crippen LogP contribution in [0, 0.1) is 0 Å². The number of hydrogen-bond donors (Lipinski definition) is 2. The van der Waals surface area contributed by atoms with E-state index in [1.165, 1.54) is 0 Å². The summed E-state index contributed by atoms with van der Waals surface area (Å²) < 4.78 is 5.28. The van der Waals surface area contributed by atoms with Crippen molar-refractivity contribution in [3.05, 3.63) is 12.3 Å². The lowest BCUT2D eigenvalue weighted by Crippen LogP contribution is -2.28. The molecule has 0 radical (unpaired) electrons. The Kier molecular flexibility index (Phi) is 5.56. The zero-order chi connectivity index (χ0) is 11.8. The summed E-state index contributed by atoms with van der Waals surface area (Å²) in [6.07, 6.45) is 1.69. The topological polar surface area (TPSA) is 59.1 Å². The molecule has 0 aromatic carbocycles. The summed E-state index contributed by atoms with van der Waals surface area (Å²) >= 11 is 0. The average Bonchev–Trinajstić information content (AvgIpc) is 2.25. The molecule has 90 valence electrons. The van der Waals surface area contributed by atoms with Crippen LogP contribution in [0.2, 0.25) is 0 Å². The molecular formula is C11H20N4O. The Bertz CT molecular complexity index is 304. The molecule has 1 aromatic heterocycles. The van der Waals surface area contributed by atoms with E-state index < -0.39 is 0 Å². The van der Waals surface area contributed by atoms with Gasteiger partial charge in [0.2, 0.25) is 11.8 Å². The van der Waals surface area contributed by atoms with E-state index in [0.717, 1.165) is 13.1 Å². The lowest BCUT2D eigenvalue weighted by atomic mass is 10.4. The van der Waals surface area contributed by atoms with Gasteiger partial charge in [-0.3, -0.25) is 0 Å². The first kappa shape index (κ1) is 12.7. The molecule has 5 nitrogen and oxygen atoms in total. The van der Waals surface area contributed by atoms with Crippen LogP contribution < -0.4 is 15.4 Å². The fourth-order valence-electron chi connectivity index (χ4n) is 1.19. The number of aromatic nitrogens is 2. The van der Waals surface area contributed by atoms with Gasteiger partial charge in [0.05, 0.1) is 6.61 Å². The second-order valence-corrected chi connectivity index (χ2v) is 3.69. The Morgan fingerprint density at radius 3 is 2.88 bits per heavy atom. The highest BCUT2D eigenvalue weighted by atomic mass is 16.5. The van der Waals surface area contributed by atoms with E-state index >= 15 is 0 Å². The molecule has 0 aliphatic heterocycles. The first-order chi connectivity index (χ1) is 7.72. The Morgan fingerprint density at radius 2 is 2.19 bits per heavy atom. The van der Waals surface area contributed by atoms with Gasteiger partial charge in [-0.1, -0.05) is 13.8 Å². The molecule has 2 N–H and O–H groups in total. The van der Waals surface area contributed by atoms with Crippen molar-refractivity contribution in [2.24, 2.45) is 0 Å². The lowest BCUT2D eigenvalue weighted by Gasteiger charge is -2.09. The van der Waals surface area contributed by atoms with Crippen molar-refractivity contribution < 1.29 is 4.74 Å². The molecule has 0 fully saturated rings. The van der Waals surface area contributed by atoms with Crippen LogP contribution in [-0.4, -0.2) is 35.7 Å². The zero-order valence-corrected chi connectivity index (χ0v) is 10.2. The number of hydrogen-bond acceptors (Lipinski definition) is 5. The monoisotopic (exact) mass is 224 g/mol. The fraction of sp³-hybridized carbons (Fsp3) is 0.636. The van der Waals surface area contributed by atoms with Gasteiger partial charge < -0.3 is 15.4 Å². The van der Waals surface area contributed by atoms with Crippen LogP contribution in [0.3, 0.4) is 0 Å². The van der Waals surface area contributed by atoms with Crippen molar-refractivity contribution in [2.45, 2.75) is 26.8 Å². The molecule has 0 aliphatic rings. The molecule has 0 unspecified atom stereocenters. The summed E-state index contributed by atoms with van der Waals surface area (Å²) in [6.45, 7) is 8.47. The largest absolute Gasteiger partial charge is 0.478 e. The van der Waals surface area contributed by atoms with Gasteiger partial charge in [-0.05, 0) is 6.92 Å². The molecule has 5 heteroatoms. The molecule has 0 bridgehead atoms. The third-order valence-electron chi connectivity index (χ3n) is 1.88. The van der Waals surface area contributed by atoms with Gasteiger partial charge >= 0.3 is 0 Å². The van der Waals surface area contributed by atoms with E-state index in [4.69, 9.17) is 4.74 Å². The van der Waals surface area contributed by atoms with E-state index in [-0.39, 0.29) is 0 Å². The van der Waals surface area contributed by atoms with E-state index in [2.05, 4.69) is 34.4 Å². The normalized spacial score (nSPS) is 10.5. The van der Waals surface area contributed by atoms with Crippen molar-refractivity contribution in [2.75, 3.05) is 25.0 Å². The minimum absolute atomic E-state index is 0.498. The first-order valence-corrected chi connectivity index (χ1v) is 5.65. The van der Waals surface area contributed by atoms with Gasteiger partial charge in [-0.25, -0.2) is 4.98 Å². The summed E-state index contributed by atoms with van der Waals surface area (Å²) in [5.74, 6) is 1.22. The lowest BCUT2D eigenvalue weighted by molar-refractivity contribution is 0.326. The van der Waals surface area contributed by atoms with Crippen molar-refractivity contribution in [3.8, 4) is 5.88 Å². The summed E-state index contributed by atoms with van der Waals surface area (Å²) in [4.78, 5) is 8.32. The van der Waals surface area contributed by atoms with Crippen LogP contribution in [0.5, 0.6) is 5.88 Å². The van der Waals surface area contributed by atoms with Crippen molar-refractivity contribution in [3.63, 3.8) is 0 Å². The highest BCUT2D eigenvalue weighted by molar-refractivity contribution is 5.27. The molecular weight excluding hydrogens is 204 g/mol. The molecule has 1 aromatic rings. The van der Waals surface area contributed by atoms with Gasteiger partial charge in [0.25, 0.3) is 0 Å². The van der Waals surface area contributed by atoms with E-state index in [1.54, 1.807) is 12.3 Å². The summed E-state index contributed by atoms with van der Waals surface area (Å²) in [6, 6.07) is 2.25. The molecule has 1 rings (SSSR count). The Hall–Kier alpha value is -1.36. The minimum atomic E-state index is 0.498. The Morgan fingerprint density at radius 1 is 1.38 bits per heavy atom. The van der Waals surface area contributed by atoms with Gasteiger partial charge in [0, 0.05) is 31.4 Å². The van der Waals surface area contributed by atoms with Crippen LogP contribution in [-0.2, 0) is 0 Å². The molecule has 0 saturated heterocycles. The van der Waals surface area contributed by atoms with E-state index in [0.29, 0.717) is 24.5 Å². The molecule has 16 heavy (non-hydrogen) atoms. The maximum atomic E-state index is 5.28. The van der Waals surface area contributed by atoms with E-state index in [9.17, 15) is 0 Å². The third-order valence-corrected chi connectivity index (χ3v) is 1.88. The maximum absolute atomic E-state index is 5.28. The van der Waals surface area contributed by atoms with Gasteiger partial charge in [0.1, 0.15) is 0 Å². The van der Waals surface area contributed by atoms with Crippen LogP contribution in [0.1, 0.15) is 20.8 Å². The summed E-state index contributed by atoms with van der Waals surface area (Å²) in [5.41, 5.74) is 0. The number of nitrogens with zero attached hydrogens (tertiary/aromatic N) is 2. The van der Waals surface area contributed by atoms with Crippen LogP contribution in [0.4, 0.5) is 5.95 Å². The Balaban J connectivity index is 2.33. The standard InChI is InChI=1S/C11H20N4O/c1-4-16-10-5-6-13-11(15-10)14-8-7-12-9(2)3/h5-6,9,12H,4,7-8H2,1-3H3,(H,13,14,15). The minimum Gasteiger partial charge on any atom is -0.478 e. The molecule has 0 aliphatic carbocycles. The third kappa shape index (κ3) is 4.93. The number of nitrogens with one attached hydrogen (secondary N) is 2. The second kappa shape index (κ2) is 7.00. The first-order valence-electron chi connectivity index (χ1n) is 5.65. The predicted molar refractivity (Wildman–Crippen MR) is 64.8 cm³/mol. The van der Waals surface area contributed by atoms with Gasteiger partial charge in [-0.2, -0.15) is 4.98 Å². The number of rotatable bonds is 7. The van der Waals surface area contributed by atoms with E-state index in [1.807, 2.05) is 6.92 Å². The quantitative estimate of drug-likeness (QED) is 0.683. The molecule has 0 spiro atoms. The number of ether oxygens (including phenoxy) is 1. The molecule has 1 heterocycles. The SMILES string of the molecule is CCOc1ccnc(NCCNC(C)C)n1. The molecule has 0 amide bonds.